The third kappa shape index (κ3) is 1.52. The Bertz CT molecular complexity index is 924. The second kappa shape index (κ2) is 4.24. The number of hydrogen-bond donors (Lipinski definition) is 0. The van der Waals surface area contributed by atoms with Crippen molar-refractivity contribution in [2.24, 2.45) is 0 Å². The Balaban J connectivity index is 2.16. The van der Waals surface area contributed by atoms with E-state index in [1.807, 2.05) is 42.5 Å². The Kier molecular flexibility index (Phi) is 2.47. The van der Waals surface area contributed by atoms with Gasteiger partial charge < -0.3 is 4.74 Å². The van der Waals surface area contributed by atoms with E-state index < -0.39 is 17.7 Å². The van der Waals surface area contributed by atoms with Crippen molar-refractivity contribution < 1.29 is 14.3 Å². The lowest BCUT2D eigenvalue weighted by Crippen LogP contribution is -2.13. The summed E-state index contributed by atoms with van der Waals surface area (Å²) in [6.07, 6.45) is -0.780. The van der Waals surface area contributed by atoms with E-state index in [1.54, 1.807) is 6.07 Å². The van der Waals surface area contributed by atoms with Crippen LogP contribution < -0.4 is 0 Å². The molecule has 0 radical (unpaired) electrons. The Morgan fingerprint density at radius 1 is 0.857 bits per heavy atom. The van der Waals surface area contributed by atoms with Gasteiger partial charge in [-0.25, -0.2) is 0 Å². The molecular weight excluding hydrogens is 264 g/mol. The van der Waals surface area contributed by atoms with Gasteiger partial charge in [0.25, 0.3) is 0 Å². The molecule has 4 rings (SSSR count). The summed E-state index contributed by atoms with van der Waals surface area (Å²) in [5.74, 6) is -0.930. The Hall–Kier alpha value is -2.52. The van der Waals surface area contributed by atoms with Crippen LogP contribution in [0.5, 0.6) is 0 Å². The fraction of sp³-hybridized carbons (Fsp3) is 0.111. The number of benzene rings is 3. The van der Waals surface area contributed by atoms with Crippen LogP contribution in [-0.4, -0.2) is 18.7 Å². The number of rotatable bonds is 1. The zero-order chi connectivity index (χ0) is 14.6. The molecule has 102 valence electrons. The third-order valence-electron chi connectivity index (χ3n) is 4.17. The first-order chi connectivity index (χ1) is 10.2. The topological polar surface area (TPSA) is 43.4 Å². The minimum absolute atomic E-state index is 0.452. The van der Waals surface area contributed by atoms with E-state index in [0.29, 0.717) is 11.1 Å². The molecule has 1 aliphatic carbocycles. The Morgan fingerprint density at radius 2 is 1.62 bits per heavy atom. The summed E-state index contributed by atoms with van der Waals surface area (Å²) < 4.78 is 5.27. The maximum Gasteiger partial charge on any atom is 0.236 e. The number of ether oxygens (including phenoxy) is 1. The van der Waals surface area contributed by atoms with Crippen molar-refractivity contribution in [3.63, 3.8) is 0 Å². The molecule has 0 aromatic heterocycles. The zero-order valence-electron chi connectivity index (χ0n) is 11.4. The molecule has 0 saturated heterocycles. The van der Waals surface area contributed by atoms with E-state index in [9.17, 15) is 9.59 Å². The van der Waals surface area contributed by atoms with Crippen molar-refractivity contribution >= 4 is 33.1 Å². The standard InChI is InChI=1S/C18H12O3/c1-21-18-15-13-7-6-10-4-2-3-5-11(10)12(13)8-9-14(15)16(19)17(18)20/h2-9,18H,1H3. The summed E-state index contributed by atoms with van der Waals surface area (Å²) >= 11 is 0. The molecule has 3 aromatic rings. The molecule has 1 unspecified atom stereocenters. The molecule has 21 heavy (non-hydrogen) atoms. The molecule has 0 saturated carbocycles. The second-order valence-corrected chi connectivity index (χ2v) is 5.22. The van der Waals surface area contributed by atoms with Gasteiger partial charge >= 0.3 is 0 Å². The quantitative estimate of drug-likeness (QED) is 0.505. The van der Waals surface area contributed by atoms with Gasteiger partial charge in [0.1, 0.15) is 6.10 Å². The molecular formula is C18H12O3. The highest BCUT2D eigenvalue weighted by molar-refractivity contribution is 6.49. The van der Waals surface area contributed by atoms with Crippen LogP contribution in [-0.2, 0) is 9.53 Å². The second-order valence-electron chi connectivity index (χ2n) is 5.22. The van der Waals surface area contributed by atoms with Gasteiger partial charge in [-0.1, -0.05) is 42.5 Å². The molecule has 3 heteroatoms. The van der Waals surface area contributed by atoms with E-state index in [0.717, 1.165) is 21.5 Å². The van der Waals surface area contributed by atoms with Crippen LogP contribution in [0.3, 0.4) is 0 Å². The van der Waals surface area contributed by atoms with Crippen LogP contribution in [0, 0.1) is 0 Å². The fourth-order valence-corrected chi connectivity index (χ4v) is 3.20. The summed E-state index contributed by atoms with van der Waals surface area (Å²) in [5, 5.41) is 4.20. The van der Waals surface area contributed by atoms with Crippen LogP contribution in [0.2, 0.25) is 0 Å². The lowest BCUT2D eigenvalue weighted by molar-refractivity contribution is -0.123. The van der Waals surface area contributed by atoms with Crippen molar-refractivity contribution in [2.45, 2.75) is 6.10 Å². The average molecular weight is 276 g/mol. The van der Waals surface area contributed by atoms with Crippen molar-refractivity contribution in [1.29, 1.82) is 0 Å². The minimum atomic E-state index is -0.780. The van der Waals surface area contributed by atoms with Gasteiger partial charge in [0.2, 0.25) is 11.6 Å². The molecule has 0 N–H and O–H groups in total. The molecule has 0 fully saturated rings. The summed E-state index contributed by atoms with van der Waals surface area (Å²) in [6.45, 7) is 0. The summed E-state index contributed by atoms with van der Waals surface area (Å²) in [5.41, 5.74) is 1.17. The highest BCUT2D eigenvalue weighted by atomic mass is 16.5. The van der Waals surface area contributed by atoms with Gasteiger partial charge in [-0.3, -0.25) is 9.59 Å². The molecule has 1 aliphatic rings. The number of carbonyl (C=O) groups is 2. The van der Waals surface area contributed by atoms with Crippen LogP contribution in [0.4, 0.5) is 0 Å². The van der Waals surface area contributed by atoms with Crippen LogP contribution >= 0.6 is 0 Å². The number of hydrogen-bond acceptors (Lipinski definition) is 3. The van der Waals surface area contributed by atoms with Crippen molar-refractivity contribution in [2.75, 3.05) is 7.11 Å². The Labute approximate surface area is 121 Å². The number of Topliss-reactive ketones (excluding diaryl/α,β-unsaturated/α-hetero) is 2. The molecule has 3 aromatic carbocycles. The van der Waals surface area contributed by atoms with E-state index >= 15 is 0 Å². The molecule has 0 aliphatic heterocycles. The van der Waals surface area contributed by atoms with E-state index in [4.69, 9.17) is 4.74 Å². The highest BCUT2D eigenvalue weighted by Crippen LogP contribution is 2.38. The Morgan fingerprint density at radius 3 is 2.43 bits per heavy atom. The normalized spacial score (nSPS) is 17.7. The van der Waals surface area contributed by atoms with Gasteiger partial charge in [0, 0.05) is 18.2 Å². The number of methoxy groups -OCH3 is 1. The van der Waals surface area contributed by atoms with Crippen molar-refractivity contribution in [1.82, 2.24) is 0 Å². The van der Waals surface area contributed by atoms with Crippen LogP contribution in [0.15, 0.2) is 48.5 Å². The molecule has 1 atom stereocenters. The number of fused-ring (bicyclic) bond motifs is 5. The summed E-state index contributed by atoms with van der Waals surface area (Å²) in [7, 11) is 1.46. The molecule has 0 spiro atoms. The zero-order valence-corrected chi connectivity index (χ0v) is 11.4. The molecule has 3 nitrogen and oxygen atoms in total. The number of carbonyl (C=O) groups excluding carboxylic acids is 2. The molecule has 0 amide bonds. The maximum atomic E-state index is 12.0. The van der Waals surface area contributed by atoms with E-state index in [2.05, 4.69) is 0 Å². The predicted molar refractivity (Wildman–Crippen MR) is 80.5 cm³/mol. The minimum Gasteiger partial charge on any atom is -0.368 e. The van der Waals surface area contributed by atoms with E-state index in [1.165, 1.54) is 7.11 Å². The highest BCUT2D eigenvalue weighted by Gasteiger charge is 2.39. The first-order valence-electron chi connectivity index (χ1n) is 6.78. The first kappa shape index (κ1) is 12.2. The maximum absolute atomic E-state index is 12.0. The number of ketones is 2. The third-order valence-corrected chi connectivity index (χ3v) is 4.17. The average Bonchev–Trinajstić information content (AvgIpc) is 2.78. The summed E-state index contributed by atoms with van der Waals surface area (Å²) in [4.78, 5) is 24.1. The van der Waals surface area contributed by atoms with Gasteiger partial charge in [-0.15, -0.1) is 0 Å². The fourth-order valence-electron chi connectivity index (χ4n) is 3.20. The van der Waals surface area contributed by atoms with Gasteiger partial charge in [0.15, 0.2) is 0 Å². The van der Waals surface area contributed by atoms with Crippen molar-refractivity contribution in [3.05, 3.63) is 59.7 Å². The monoisotopic (exact) mass is 276 g/mol. The van der Waals surface area contributed by atoms with Gasteiger partial charge in [-0.05, 0) is 27.6 Å². The lowest BCUT2D eigenvalue weighted by Gasteiger charge is -2.12. The van der Waals surface area contributed by atoms with Crippen LogP contribution in [0.25, 0.3) is 21.5 Å². The van der Waals surface area contributed by atoms with Crippen molar-refractivity contribution in [3.8, 4) is 0 Å². The lowest BCUT2D eigenvalue weighted by atomic mass is 9.95. The van der Waals surface area contributed by atoms with Gasteiger partial charge in [0.05, 0.1) is 0 Å². The largest absolute Gasteiger partial charge is 0.368 e. The van der Waals surface area contributed by atoms with Crippen LogP contribution in [0.1, 0.15) is 22.0 Å². The summed E-state index contributed by atoms with van der Waals surface area (Å²) in [6, 6.07) is 15.7. The first-order valence-corrected chi connectivity index (χ1v) is 6.78. The van der Waals surface area contributed by atoms with E-state index in [-0.39, 0.29) is 0 Å². The van der Waals surface area contributed by atoms with Gasteiger partial charge in [-0.2, -0.15) is 0 Å². The molecule has 0 bridgehead atoms. The SMILES string of the molecule is COC1C(=O)C(=O)c2ccc3c(ccc4ccccc43)c21. The predicted octanol–water partition coefficient (Wildman–Crippen LogP) is 3.45. The smallest absolute Gasteiger partial charge is 0.236 e. The molecule has 0 heterocycles.